The van der Waals surface area contributed by atoms with Crippen LogP contribution in [-0.2, 0) is 23.4 Å². The molecule has 0 unspecified atom stereocenters. The van der Waals surface area contributed by atoms with Gasteiger partial charge in [-0.3, -0.25) is 10.2 Å². The van der Waals surface area contributed by atoms with Crippen LogP contribution in [0.2, 0.25) is 10.0 Å². The molecular weight excluding hydrogens is 457 g/mol. The number of hydrogen-bond donors (Lipinski definition) is 3. The summed E-state index contributed by atoms with van der Waals surface area (Å²) in [4.78, 5) is 12.2. The summed E-state index contributed by atoms with van der Waals surface area (Å²) >= 11 is 13.1. The Morgan fingerprint density at radius 2 is 1.81 bits per heavy atom. The van der Waals surface area contributed by atoms with E-state index < -0.39 is 0 Å². The molecule has 4 nitrogen and oxygen atoms in total. The summed E-state index contributed by atoms with van der Waals surface area (Å²) in [5, 5.41) is 11.3. The van der Waals surface area contributed by atoms with Gasteiger partial charge in [0.15, 0.2) is 5.17 Å². The molecule has 0 radical (unpaired) electrons. The second-order valence-corrected chi connectivity index (χ2v) is 7.28. The van der Waals surface area contributed by atoms with Crippen LogP contribution in [0.1, 0.15) is 16.7 Å². The van der Waals surface area contributed by atoms with Gasteiger partial charge in [-0.2, -0.15) is 0 Å². The zero-order chi connectivity index (χ0) is 18.2. The van der Waals surface area contributed by atoms with Crippen LogP contribution in [0.15, 0.2) is 42.5 Å². The molecule has 2 aromatic carbocycles. The number of nitrogens with one attached hydrogen (secondary N) is 2. The number of hydrogen-bond acceptors (Lipinski definition) is 3. The van der Waals surface area contributed by atoms with Crippen molar-refractivity contribution in [3.63, 3.8) is 0 Å². The molecular formula is C18H20BrCl2N3OS. The van der Waals surface area contributed by atoms with Gasteiger partial charge in [-0.05, 0) is 35.2 Å². The number of benzene rings is 2. The highest BCUT2D eigenvalue weighted by molar-refractivity contribution is 8.93. The summed E-state index contributed by atoms with van der Waals surface area (Å²) in [5.41, 5.74) is 8.37. The number of halogens is 3. The third-order valence-corrected chi connectivity index (χ3v) is 5.08. The molecule has 0 aliphatic rings. The minimum absolute atomic E-state index is 0. The Kier molecular flexibility index (Phi) is 10.1. The molecule has 0 saturated heterocycles. The van der Waals surface area contributed by atoms with Crippen LogP contribution in [0.3, 0.4) is 0 Å². The van der Waals surface area contributed by atoms with Crippen molar-refractivity contribution < 1.29 is 4.79 Å². The molecule has 0 atom stereocenters. The summed E-state index contributed by atoms with van der Waals surface area (Å²) in [7, 11) is 0. The van der Waals surface area contributed by atoms with Gasteiger partial charge in [-0.25, -0.2) is 0 Å². The van der Waals surface area contributed by atoms with Crippen molar-refractivity contribution in [2.75, 3.05) is 6.54 Å². The third kappa shape index (κ3) is 7.58. The predicted molar refractivity (Wildman–Crippen MR) is 117 cm³/mol. The summed E-state index contributed by atoms with van der Waals surface area (Å²) in [6.45, 7) is 0.529. The van der Waals surface area contributed by atoms with Gasteiger partial charge in [-0.15, -0.1) is 17.0 Å². The first kappa shape index (κ1) is 22.8. The fourth-order valence-electron chi connectivity index (χ4n) is 2.30. The maximum atomic E-state index is 12.2. The van der Waals surface area contributed by atoms with Crippen molar-refractivity contribution in [2.45, 2.75) is 18.6 Å². The SMILES string of the molecule is Br.N=C(N)SCc1ccccc1CC(=O)NCCc1ccc(Cl)c(Cl)c1. The zero-order valence-corrected chi connectivity index (χ0v) is 18.0. The van der Waals surface area contributed by atoms with Crippen molar-refractivity contribution in [2.24, 2.45) is 5.73 Å². The third-order valence-electron chi connectivity index (χ3n) is 3.57. The first-order valence-corrected chi connectivity index (χ1v) is 9.44. The van der Waals surface area contributed by atoms with Crippen molar-refractivity contribution >= 4 is 63.0 Å². The average Bonchev–Trinajstić information content (AvgIpc) is 2.57. The van der Waals surface area contributed by atoms with Crippen molar-refractivity contribution in [3.8, 4) is 0 Å². The molecule has 0 saturated carbocycles. The van der Waals surface area contributed by atoms with Crippen molar-refractivity contribution in [1.29, 1.82) is 5.41 Å². The molecule has 0 fully saturated rings. The first-order chi connectivity index (χ1) is 12.0. The van der Waals surface area contributed by atoms with E-state index in [0.29, 0.717) is 35.2 Å². The highest BCUT2D eigenvalue weighted by atomic mass is 79.9. The molecule has 8 heteroatoms. The highest BCUT2D eigenvalue weighted by Gasteiger charge is 2.08. The van der Waals surface area contributed by atoms with E-state index in [1.54, 1.807) is 6.07 Å². The fraction of sp³-hybridized carbons (Fsp3) is 0.222. The van der Waals surface area contributed by atoms with Gasteiger partial charge in [-0.1, -0.05) is 65.3 Å². The van der Waals surface area contributed by atoms with Gasteiger partial charge in [0, 0.05) is 12.3 Å². The minimum atomic E-state index is -0.0414. The molecule has 0 aliphatic carbocycles. The topological polar surface area (TPSA) is 79.0 Å². The van der Waals surface area contributed by atoms with Crippen LogP contribution in [0.5, 0.6) is 0 Å². The first-order valence-electron chi connectivity index (χ1n) is 7.70. The van der Waals surface area contributed by atoms with Crippen LogP contribution in [0, 0.1) is 5.41 Å². The van der Waals surface area contributed by atoms with E-state index in [-0.39, 0.29) is 28.1 Å². The highest BCUT2D eigenvalue weighted by Crippen LogP contribution is 2.22. The second-order valence-electron chi connectivity index (χ2n) is 5.45. The Morgan fingerprint density at radius 1 is 1.12 bits per heavy atom. The predicted octanol–water partition coefficient (Wildman–Crippen LogP) is 4.60. The van der Waals surface area contributed by atoms with E-state index >= 15 is 0 Å². The van der Waals surface area contributed by atoms with E-state index in [2.05, 4.69) is 5.32 Å². The van der Waals surface area contributed by atoms with Gasteiger partial charge in [0.2, 0.25) is 5.91 Å². The van der Waals surface area contributed by atoms with Gasteiger partial charge >= 0.3 is 0 Å². The van der Waals surface area contributed by atoms with E-state index in [1.165, 1.54) is 11.8 Å². The summed E-state index contributed by atoms with van der Waals surface area (Å²) in [6, 6.07) is 13.2. The normalized spacial score (nSPS) is 10.1. The van der Waals surface area contributed by atoms with E-state index in [4.69, 9.17) is 34.3 Å². The Hall–Kier alpha value is -1.21. The smallest absolute Gasteiger partial charge is 0.224 e. The molecule has 26 heavy (non-hydrogen) atoms. The van der Waals surface area contributed by atoms with Crippen molar-refractivity contribution in [3.05, 3.63) is 69.2 Å². The van der Waals surface area contributed by atoms with Crippen molar-refractivity contribution in [1.82, 2.24) is 5.32 Å². The lowest BCUT2D eigenvalue weighted by molar-refractivity contribution is -0.120. The van der Waals surface area contributed by atoms with Crippen LogP contribution in [0.25, 0.3) is 0 Å². The zero-order valence-electron chi connectivity index (χ0n) is 13.9. The number of nitrogens with two attached hydrogens (primary N) is 1. The maximum Gasteiger partial charge on any atom is 0.224 e. The number of amides is 1. The van der Waals surface area contributed by atoms with E-state index in [1.807, 2.05) is 36.4 Å². The summed E-state index contributed by atoms with van der Waals surface area (Å²) in [6.07, 6.45) is 0.987. The van der Waals surface area contributed by atoms with Crippen LogP contribution in [-0.4, -0.2) is 17.6 Å². The molecule has 140 valence electrons. The molecule has 0 spiro atoms. The number of rotatable bonds is 7. The quantitative estimate of drug-likeness (QED) is 0.403. The second kappa shape index (κ2) is 11.5. The Bertz CT molecular complexity index is 774. The Balaban J connectivity index is 0.00000338. The molecule has 0 aliphatic heterocycles. The van der Waals surface area contributed by atoms with Crippen LogP contribution < -0.4 is 11.1 Å². The number of amidine groups is 1. The molecule has 0 aromatic heterocycles. The number of carbonyl (C=O) groups is 1. The van der Waals surface area contributed by atoms with E-state index in [0.717, 1.165) is 16.7 Å². The number of carbonyl (C=O) groups excluding carboxylic acids is 1. The van der Waals surface area contributed by atoms with Crippen LogP contribution >= 0.6 is 51.9 Å². The molecule has 2 aromatic rings. The summed E-state index contributed by atoms with van der Waals surface area (Å²) < 4.78 is 0. The average molecular weight is 477 g/mol. The molecule has 2 rings (SSSR count). The van der Waals surface area contributed by atoms with E-state index in [9.17, 15) is 4.79 Å². The lowest BCUT2D eigenvalue weighted by Crippen LogP contribution is -2.27. The lowest BCUT2D eigenvalue weighted by Gasteiger charge is -2.10. The molecule has 1 amide bonds. The van der Waals surface area contributed by atoms with Gasteiger partial charge < -0.3 is 11.1 Å². The largest absolute Gasteiger partial charge is 0.379 e. The van der Waals surface area contributed by atoms with Gasteiger partial charge in [0.05, 0.1) is 16.5 Å². The molecule has 4 N–H and O–H groups in total. The molecule has 0 bridgehead atoms. The summed E-state index contributed by atoms with van der Waals surface area (Å²) in [5.74, 6) is 0.544. The Morgan fingerprint density at radius 3 is 2.46 bits per heavy atom. The van der Waals surface area contributed by atoms with Gasteiger partial charge in [0.25, 0.3) is 0 Å². The standard InChI is InChI=1S/C18H19Cl2N3OS.BrH/c19-15-6-5-12(9-16(15)20)7-8-23-17(24)10-13-3-1-2-4-14(13)11-25-18(21)22;/h1-6,9H,7-8,10-11H2,(H3,21,22)(H,23,24);1H. The lowest BCUT2D eigenvalue weighted by atomic mass is 10.1. The Labute approximate surface area is 178 Å². The number of thioether (sulfide) groups is 1. The van der Waals surface area contributed by atoms with Gasteiger partial charge in [0.1, 0.15) is 0 Å². The monoisotopic (exact) mass is 475 g/mol. The molecule has 0 heterocycles. The fourth-order valence-corrected chi connectivity index (χ4v) is 3.22. The minimum Gasteiger partial charge on any atom is -0.379 e. The van der Waals surface area contributed by atoms with Crippen LogP contribution in [0.4, 0.5) is 0 Å². The maximum absolute atomic E-state index is 12.2.